The van der Waals surface area contributed by atoms with E-state index in [1.54, 1.807) is 24.3 Å². The SMILES string of the molecule is O=C(NC1(c2ccc(F)cc2)CCC1)C1CCN(S(=O)(=O)c2ccc(Cl)cc2)CC1. The average molecular weight is 451 g/mol. The van der Waals surface area contributed by atoms with Gasteiger partial charge in [0.1, 0.15) is 5.82 Å². The molecule has 0 atom stereocenters. The van der Waals surface area contributed by atoms with Crippen molar-refractivity contribution in [2.24, 2.45) is 5.92 Å². The van der Waals surface area contributed by atoms with E-state index in [0.29, 0.717) is 31.0 Å². The van der Waals surface area contributed by atoms with E-state index in [1.165, 1.54) is 28.6 Å². The quantitative estimate of drug-likeness (QED) is 0.746. The number of halogens is 2. The van der Waals surface area contributed by atoms with Crippen molar-refractivity contribution in [2.75, 3.05) is 13.1 Å². The molecular formula is C22H24ClFN2O3S. The van der Waals surface area contributed by atoms with Crippen LogP contribution in [0.25, 0.3) is 0 Å². The Hall–Kier alpha value is -1.96. The highest BCUT2D eigenvalue weighted by molar-refractivity contribution is 7.89. The molecule has 160 valence electrons. The Kier molecular flexibility index (Phi) is 5.88. The van der Waals surface area contributed by atoms with Crippen LogP contribution in [0.1, 0.15) is 37.7 Å². The Bertz CT molecular complexity index is 1010. The van der Waals surface area contributed by atoms with Gasteiger partial charge in [-0.15, -0.1) is 0 Å². The Labute approximate surface area is 181 Å². The third-order valence-electron chi connectivity index (χ3n) is 6.24. The summed E-state index contributed by atoms with van der Waals surface area (Å²) < 4.78 is 40.4. The third-order valence-corrected chi connectivity index (χ3v) is 8.41. The van der Waals surface area contributed by atoms with E-state index < -0.39 is 15.6 Å². The van der Waals surface area contributed by atoms with Gasteiger partial charge >= 0.3 is 0 Å². The second kappa shape index (κ2) is 8.29. The molecular weight excluding hydrogens is 427 g/mol. The zero-order valence-electron chi connectivity index (χ0n) is 16.5. The summed E-state index contributed by atoms with van der Waals surface area (Å²) in [6.07, 6.45) is 3.61. The van der Waals surface area contributed by atoms with E-state index in [0.717, 1.165) is 24.8 Å². The van der Waals surface area contributed by atoms with Crippen LogP contribution in [-0.2, 0) is 20.4 Å². The van der Waals surface area contributed by atoms with E-state index in [2.05, 4.69) is 5.32 Å². The van der Waals surface area contributed by atoms with Crippen molar-refractivity contribution in [3.63, 3.8) is 0 Å². The molecule has 1 aliphatic carbocycles. The van der Waals surface area contributed by atoms with Crippen molar-refractivity contribution < 1.29 is 17.6 Å². The summed E-state index contributed by atoms with van der Waals surface area (Å²) in [7, 11) is -3.60. The Morgan fingerprint density at radius 2 is 1.63 bits per heavy atom. The number of carbonyl (C=O) groups is 1. The molecule has 1 heterocycles. The van der Waals surface area contributed by atoms with E-state index in [1.807, 2.05) is 0 Å². The summed E-state index contributed by atoms with van der Waals surface area (Å²) in [5, 5.41) is 3.66. The van der Waals surface area contributed by atoms with Crippen LogP contribution in [0.2, 0.25) is 5.02 Å². The van der Waals surface area contributed by atoms with Gasteiger partial charge < -0.3 is 5.32 Å². The van der Waals surface area contributed by atoms with Crippen molar-refractivity contribution in [1.82, 2.24) is 9.62 Å². The molecule has 0 spiro atoms. The summed E-state index contributed by atoms with van der Waals surface area (Å²) in [5.41, 5.74) is 0.489. The molecule has 2 aromatic rings. The second-order valence-corrected chi connectivity index (χ2v) is 10.4. The molecule has 1 amide bonds. The van der Waals surface area contributed by atoms with Gasteiger partial charge in [-0.3, -0.25) is 4.79 Å². The van der Waals surface area contributed by atoms with Crippen molar-refractivity contribution in [2.45, 2.75) is 42.5 Å². The number of sulfonamides is 1. The highest BCUT2D eigenvalue weighted by Crippen LogP contribution is 2.42. The number of carbonyl (C=O) groups excluding carboxylic acids is 1. The average Bonchev–Trinajstić information content (AvgIpc) is 2.72. The van der Waals surface area contributed by atoms with Gasteiger partial charge in [-0.25, -0.2) is 12.8 Å². The van der Waals surface area contributed by atoms with Crippen molar-refractivity contribution in [1.29, 1.82) is 0 Å². The molecule has 1 aliphatic heterocycles. The van der Waals surface area contributed by atoms with Gasteiger partial charge in [0.25, 0.3) is 0 Å². The Morgan fingerprint density at radius 3 is 2.17 bits per heavy atom. The first-order valence-electron chi connectivity index (χ1n) is 10.1. The lowest BCUT2D eigenvalue weighted by Crippen LogP contribution is -2.53. The van der Waals surface area contributed by atoms with Gasteiger partial charge in [0.05, 0.1) is 10.4 Å². The lowest BCUT2D eigenvalue weighted by atomic mass is 9.71. The van der Waals surface area contributed by atoms with Crippen LogP contribution in [0.15, 0.2) is 53.4 Å². The number of nitrogens with one attached hydrogen (secondary N) is 1. The smallest absolute Gasteiger partial charge is 0.243 e. The minimum atomic E-state index is -3.60. The normalized spacial score (nSPS) is 19.8. The van der Waals surface area contributed by atoms with Crippen LogP contribution in [-0.4, -0.2) is 31.7 Å². The maximum atomic E-state index is 13.3. The molecule has 5 nitrogen and oxygen atoms in total. The summed E-state index contributed by atoms with van der Waals surface area (Å²) in [6, 6.07) is 12.4. The molecule has 2 aromatic carbocycles. The Balaban J connectivity index is 1.39. The van der Waals surface area contributed by atoms with Gasteiger partial charge in [0, 0.05) is 24.0 Å². The van der Waals surface area contributed by atoms with Crippen molar-refractivity contribution in [3.8, 4) is 0 Å². The van der Waals surface area contributed by atoms with Gasteiger partial charge in [-0.05, 0) is 74.1 Å². The first kappa shape index (κ1) is 21.3. The van der Waals surface area contributed by atoms with E-state index in [4.69, 9.17) is 11.6 Å². The molecule has 0 unspecified atom stereocenters. The molecule has 1 saturated heterocycles. The third kappa shape index (κ3) is 4.11. The fourth-order valence-electron chi connectivity index (χ4n) is 4.24. The number of hydrogen-bond acceptors (Lipinski definition) is 3. The number of amides is 1. The molecule has 1 N–H and O–H groups in total. The lowest BCUT2D eigenvalue weighted by Gasteiger charge is -2.44. The number of rotatable bonds is 5. The van der Waals surface area contributed by atoms with Crippen molar-refractivity contribution in [3.05, 3.63) is 64.9 Å². The van der Waals surface area contributed by atoms with Crippen LogP contribution < -0.4 is 5.32 Å². The minimum absolute atomic E-state index is 0.0532. The number of hydrogen-bond donors (Lipinski definition) is 1. The maximum Gasteiger partial charge on any atom is 0.243 e. The first-order chi connectivity index (χ1) is 14.3. The summed E-state index contributed by atoms with van der Waals surface area (Å²) >= 11 is 5.85. The van der Waals surface area contributed by atoms with Crippen molar-refractivity contribution >= 4 is 27.5 Å². The lowest BCUT2D eigenvalue weighted by molar-refractivity contribution is -0.129. The highest BCUT2D eigenvalue weighted by atomic mass is 35.5. The van der Waals surface area contributed by atoms with Crippen LogP contribution >= 0.6 is 11.6 Å². The van der Waals surface area contributed by atoms with Gasteiger partial charge in [-0.2, -0.15) is 4.31 Å². The standard InChI is InChI=1S/C22H24ClFN2O3S/c23-18-4-8-20(9-5-18)30(28,29)26-14-10-16(11-15-26)21(27)25-22(12-1-13-22)17-2-6-19(24)7-3-17/h2-9,16H,1,10-15H2,(H,25,27). The Morgan fingerprint density at radius 1 is 1.03 bits per heavy atom. The summed E-state index contributed by atoms with van der Waals surface area (Å²) in [6.45, 7) is 0.596. The first-order valence-corrected chi connectivity index (χ1v) is 12.0. The largest absolute Gasteiger partial charge is 0.346 e. The van der Waals surface area contributed by atoms with Gasteiger partial charge in [0.15, 0.2) is 0 Å². The zero-order valence-corrected chi connectivity index (χ0v) is 18.1. The van der Waals surface area contributed by atoms with E-state index in [-0.39, 0.29) is 22.5 Å². The molecule has 30 heavy (non-hydrogen) atoms. The van der Waals surface area contributed by atoms with Crippen LogP contribution in [0.3, 0.4) is 0 Å². The molecule has 0 radical (unpaired) electrons. The predicted octanol–water partition coefficient (Wildman–Crippen LogP) is 4.08. The molecule has 1 saturated carbocycles. The van der Waals surface area contributed by atoms with Gasteiger partial charge in [-0.1, -0.05) is 23.7 Å². The fourth-order valence-corrected chi connectivity index (χ4v) is 5.83. The van der Waals surface area contributed by atoms with Crippen LogP contribution in [0.5, 0.6) is 0 Å². The molecule has 2 aliphatic rings. The number of benzene rings is 2. The van der Waals surface area contributed by atoms with Crippen LogP contribution in [0, 0.1) is 11.7 Å². The topological polar surface area (TPSA) is 66.5 Å². The molecule has 0 aromatic heterocycles. The number of piperidine rings is 1. The summed E-state index contributed by atoms with van der Waals surface area (Å²) in [4.78, 5) is 13.2. The minimum Gasteiger partial charge on any atom is -0.346 e. The molecule has 2 fully saturated rings. The molecule has 8 heteroatoms. The summed E-state index contributed by atoms with van der Waals surface area (Å²) in [5.74, 6) is -0.587. The van der Waals surface area contributed by atoms with Crippen LogP contribution in [0.4, 0.5) is 4.39 Å². The maximum absolute atomic E-state index is 13.3. The second-order valence-electron chi connectivity index (χ2n) is 8.06. The monoisotopic (exact) mass is 450 g/mol. The van der Waals surface area contributed by atoms with E-state index >= 15 is 0 Å². The molecule has 4 rings (SSSR count). The van der Waals surface area contributed by atoms with Gasteiger partial charge in [0.2, 0.25) is 15.9 Å². The highest BCUT2D eigenvalue weighted by Gasteiger charge is 2.42. The fraction of sp³-hybridized carbons (Fsp3) is 0.409. The zero-order chi connectivity index (χ0) is 21.4. The predicted molar refractivity (Wildman–Crippen MR) is 113 cm³/mol. The van der Waals surface area contributed by atoms with E-state index in [9.17, 15) is 17.6 Å². The number of nitrogens with zero attached hydrogens (tertiary/aromatic N) is 1. The molecule has 0 bridgehead atoms.